The largest absolute Gasteiger partial charge is 0.337 e. The fraction of sp³-hybridized carbons (Fsp3) is 0.714. The molecule has 1 saturated heterocycles. The lowest BCUT2D eigenvalue weighted by Crippen LogP contribution is -2.47. The van der Waals surface area contributed by atoms with Crippen molar-refractivity contribution in [3.8, 4) is 0 Å². The van der Waals surface area contributed by atoms with Crippen molar-refractivity contribution in [3.63, 3.8) is 0 Å². The van der Waals surface area contributed by atoms with Gasteiger partial charge < -0.3 is 10.2 Å². The lowest BCUT2D eigenvalue weighted by Gasteiger charge is -2.34. The third-order valence-corrected chi connectivity index (χ3v) is 3.40. The van der Waals surface area contributed by atoms with Crippen LogP contribution in [0.4, 0.5) is 5.95 Å². The van der Waals surface area contributed by atoms with E-state index in [1.54, 1.807) is 0 Å². The maximum Gasteiger partial charge on any atom is 0.226 e. The molecule has 0 saturated carbocycles. The molecule has 0 bridgehead atoms. The number of hydrogen-bond donors (Lipinski definition) is 1. The van der Waals surface area contributed by atoms with E-state index in [4.69, 9.17) is 0 Å². The van der Waals surface area contributed by atoms with Gasteiger partial charge in [-0.2, -0.15) is 0 Å². The van der Waals surface area contributed by atoms with Gasteiger partial charge in [0.2, 0.25) is 5.95 Å². The number of nitrogens with zero attached hydrogens (tertiary/aromatic N) is 3. The average Bonchev–Trinajstić information content (AvgIpc) is 2.36. The van der Waals surface area contributed by atoms with Crippen LogP contribution in [0.5, 0.6) is 0 Å². The summed E-state index contributed by atoms with van der Waals surface area (Å²) < 4.78 is 0. The summed E-state index contributed by atoms with van der Waals surface area (Å²) in [7, 11) is 0. The summed E-state index contributed by atoms with van der Waals surface area (Å²) in [6.07, 6.45) is 3.62. The van der Waals surface area contributed by atoms with Gasteiger partial charge >= 0.3 is 0 Å². The monoisotopic (exact) mass is 248 g/mol. The Labute approximate surface area is 110 Å². The van der Waals surface area contributed by atoms with Crippen LogP contribution in [-0.2, 0) is 0 Å². The predicted octanol–water partition coefficient (Wildman–Crippen LogP) is 2.06. The first kappa shape index (κ1) is 13.3. The zero-order valence-electron chi connectivity index (χ0n) is 11.7. The minimum absolute atomic E-state index is 0.542. The molecule has 18 heavy (non-hydrogen) atoms. The van der Waals surface area contributed by atoms with E-state index in [-0.39, 0.29) is 0 Å². The van der Waals surface area contributed by atoms with Gasteiger partial charge in [0.1, 0.15) is 0 Å². The Morgan fingerprint density at radius 1 is 1.33 bits per heavy atom. The van der Waals surface area contributed by atoms with Crippen LogP contribution in [-0.4, -0.2) is 35.6 Å². The Balaban J connectivity index is 2.22. The second kappa shape index (κ2) is 6.14. The van der Waals surface area contributed by atoms with Gasteiger partial charge in [-0.1, -0.05) is 6.92 Å². The Hall–Kier alpha value is -1.16. The Morgan fingerprint density at radius 2 is 2.06 bits per heavy atom. The third kappa shape index (κ3) is 3.19. The number of nitrogens with one attached hydrogen (secondary N) is 1. The number of piperidine rings is 1. The average molecular weight is 248 g/mol. The van der Waals surface area contributed by atoms with Crippen LogP contribution in [0.25, 0.3) is 0 Å². The van der Waals surface area contributed by atoms with Crippen molar-refractivity contribution in [3.05, 3.63) is 17.5 Å². The van der Waals surface area contributed by atoms with E-state index in [9.17, 15) is 0 Å². The minimum Gasteiger partial charge on any atom is -0.337 e. The van der Waals surface area contributed by atoms with E-state index >= 15 is 0 Å². The van der Waals surface area contributed by atoms with Crippen LogP contribution >= 0.6 is 0 Å². The number of rotatable bonds is 4. The summed E-state index contributed by atoms with van der Waals surface area (Å²) in [5.41, 5.74) is 2.12. The van der Waals surface area contributed by atoms with Crippen LogP contribution < -0.4 is 10.2 Å². The fourth-order valence-corrected chi connectivity index (χ4v) is 2.62. The van der Waals surface area contributed by atoms with Crippen molar-refractivity contribution in [2.24, 2.45) is 0 Å². The van der Waals surface area contributed by atoms with Crippen molar-refractivity contribution >= 4 is 5.95 Å². The SMILES string of the molecule is CCCN(c1nc(C)cc(C)n1)C1CCCNC1. The molecule has 1 N–H and O–H groups in total. The van der Waals surface area contributed by atoms with Crippen molar-refractivity contribution in [2.45, 2.75) is 46.1 Å². The highest BCUT2D eigenvalue weighted by Gasteiger charge is 2.22. The molecule has 1 aromatic rings. The van der Waals surface area contributed by atoms with Gasteiger partial charge in [0.05, 0.1) is 0 Å². The molecular formula is C14H24N4. The van der Waals surface area contributed by atoms with Gasteiger partial charge in [0.25, 0.3) is 0 Å². The number of hydrogen-bond acceptors (Lipinski definition) is 4. The molecule has 1 fully saturated rings. The predicted molar refractivity (Wildman–Crippen MR) is 75.0 cm³/mol. The highest BCUT2D eigenvalue weighted by atomic mass is 15.3. The molecule has 1 aliphatic rings. The molecule has 1 aliphatic heterocycles. The lowest BCUT2D eigenvalue weighted by molar-refractivity contribution is 0.426. The zero-order valence-corrected chi connectivity index (χ0v) is 11.7. The Bertz CT molecular complexity index is 365. The van der Waals surface area contributed by atoms with Crippen molar-refractivity contribution in [1.29, 1.82) is 0 Å². The van der Waals surface area contributed by atoms with Crippen LogP contribution in [0.1, 0.15) is 37.6 Å². The third-order valence-electron chi connectivity index (χ3n) is 3.40. The molecule has 0 aliphatic carbocycles. The Morgan fingerprint density at radius 3 is 2.61 bits per heavy atom. The lowest BCUT2D eigenvalue weighted by atomic mass is 10.1. The molecule has 0 aromatic carbocycles. The molecule has 0 amide bonds. The van der Waals surface area contributed by atoms with Crippen molar-refractivity contribution < 1.29 is 0 Å². The van der Waals surface area contributed by atoms with E-state index in [0.717, 1.165) is 43.4 Å². The molecular weight excluding hydrogens is 224 g/mol. The molecule has 2 rings (SSSR count). The molecule has 0 radical (unpaired) electrons. The fourth-order valence-electron chi connectivity index (χ4n) is 2.62. The maximum absolute atomic E-state index is 4.62. The Kier molecular flexibility index (Phi) is 4.53. The quantitative estimate of drug-likeness (QED) is 0.885. The maximum atomic E-state index is 4.62. The van der Waals surface area contributed by atoms with E-state index in [1.807, 2.05) is 19.9 Å². The number of anilines is 1. The topological polar surface area (TPSA) is 41.1 Å². The smallest absolute Gasteiger partial charge is 0.226 e. The summed E-state index contributed by atoms with van der Waals surface area (Å²) in [5, 5.41) is 3.48. The molecule has 4 nitrogen and oxygen atoms in total. The first-order chi connectivity index (χ1) is 8.70. The zero-order chi connectivity index (χ0) is 13.0. The summed E-state index contributed by atoms with van der Waals surface area (Å²) in [5.74, 6) is 0.906. The minimum atomic E-state index is 0.542. The molecule has 1 unspecified atom stereocenters. The molecule has 0 spiro atoms. The van der Waals surface area contributed by atoms with Gasteiger partial charge in [0.15, 0.2) is 0 Å². The second-order valence-electron chi connectivity index (χ2n) is 5.14. The van der Waals surface area contributed by atoms with E-state index in [1.165, 1.54) is 12.8 Å². The number of aryl methyl sites for hydroxylation is 2. The van der Waals surface area contributed by atoms with Crippen LogP contribution in [0.15, 0.2) is 6.07 Å². The van der Waals surface area contributed by atoms with Crippen LogP contribution in [0.3, 0.4) is 0 Å². The number of aromatic nitrogens is 2. The first-order valence-corrected chi connectivity index (χ1v) is 7.00. The highest BCUT2D eigenvalue weighted by molar-refractivity contribution is 5.34. The second-order valence-corrected chi connectivity index (χ2v) is 5.14. The van der Waals surface area contributed by atoms with Crippen molar-refractivity contribution in [2.75, 3.05) is 24.5 Å². The van der Waals surface area contributed by atoms with Crippen LogP contribution in [0, 0.1) is 13.8 Å². The standard InChI is InChI=1S/C14H24N4/c1-4-8-18(13-6-5-7-15-10-13)14-16-11(2)9-12(3)17-14/h9,13,15H,4-8,10H2,1-3H3. The normalized spacial score (nSPS) is 19.8. The first-order valence-electron chi connectivity index (χ1n) is 7.00. The molecule has 100 valence electrons. The molecule has 2 heterocycles. The van der Waals surface area contributed by atoms with Crippen molar-refractivity contribution in [1.82, 2.24) is 15.3 Å². The van der Waals surface area contributed by atoms with E-state index in [0.29, 0.717) is 6.04 Å². The molecule has 4 heteroatoms. The summed E-state index contributed by atoms with van der Waals surface area (Å²) in [6.45, 7) is 9.53. The summed E-state index contributed by atoms with van der Waals surface area (Å²) in [4.78, 5) is 11.6. The molecule has 1 aromatic heterocycles. The van der Waals surface area contributed by atoms with Gasteiger partial charge in [-0.3, -0.25) is 0 Å². The van der Waals surface area contributed by atoms with Gasteiger partial charge in [0, 0.05) is 30.5 Å². The summed E-state index contributed by atoms with van der Waals surface area (Å²) >= 11 is 0. The van der Waals surface area contributed by atoms with Gasteiger partial charge in [-0.05, 0) is 45.7 Å². The highest BCUT2D eigenvalue weighted by Crippen LogP contribution is 2.18. The summed E-state index contributed by atoms with van der Waals surface area (Å²) in [6, 6.07) is 2.58. The van der Waals surface area contributed by atoms with E-state index < -0.39 is 0 Å². The van der Waals surface area contributed by atoms with E-state index in [2.05, 4.69) is 27.1 Å². The van der Waals surface area contributed by atoms with Crippen LogP contribution in [0.2, 0.25) is 0 Å². The van der Waals surface area contributed by atoms with Gasteiger partial charge in [-0.15, -0.1) is 0 Å². The van der Waals surface area contributed by atoms with Gasteiger partial charge in [-0.25, -0.2) is 9.97 Å². The molecule has 1 atom stereocenters.